The average molecular weight is 438 g/mol. The molecule has 0 spiro atoms. The summed E-state index contributed by atoms with van der Waals surface area (Å²) in [6.45, 7) is 6.34. The van der Waals surface area contributed by atoms with Crippen LogP contribution in [0.5, 0.6) is 0 Å². The third-order valence-corrected chi connectivity index (χ3v) is 6.46. The minimum atomic E-state index is 0.849. The van der Waals surface area contributed by atoms with Gasteiger partial charge in [-0.2, -0.15) is 0 Å². The van der Waals surface area contributed by atoms with E-state index >= 15 is 0 Å². The summed E-state index contributed by atoms with van der Waals surface area (Å²) in [5.74, 6) is 0.918. The van der Waals surface area contributed by atoms with Crippen LogP contribution < -0.4 is 16.8 Å². The van der Waals surface area contributed by atoms with Gasteiger partial charge in [0.05, 0.1) is 0 Å². The lowest BCUT2D eigenvalue weighted by atomic mass is 9.90. The molecule has 0 radical (unpaired) electrons. The van der Waals surface area contributed by atoms with Crippen LogP contribution in [0.3, 0.4) is 0 Å². The molecule has 0 aliphatic heterocycles. The zero-order valence-electron chi connectivity index (χ0n) is 21.4. The molecule has 0 saturated heterocycles. The van der Waals surface area contributed by atoms with E-state index in [0.29, 0.717) is 0 Å². The lowest BCUT2D eigenvalue weighted by molar-refractivity contribution is 0.371. The molecule has 0 aliphatic carbocycles. The van der Waals surface area contributed by atoms with E-state index in [1.807, 2.05) is 0 Å². The van der Waals surface area contributed by atoms with Gasteiger partial charge >= 0.3 is 0 Å². The molecule has 1 unspecified atom stereocenters. The maximum Gasteiger partial charge on any atom is -0.00460 e. The van der Waals surface area contributed by atoms with Crippen LogP contribution in [0.15, 0.2) is 12.2 Å². The fraction of sp³-hybridized carbons (Fsp3) is 0.929. The fourth-order valence-electron chi connectivity index (χ4n) is 4.37. The van der Waals surface area contributed by atoms with E-state index < -0.39 is 0 Å². The number of allylic oxidation sites excluding steroid dienone is 2. The Hall–Kier alpha value is -0.380. The van der Waals surface area contributed by atoms with Gasteiger partial charge < -0.3 is 16.8 Å². The Labute approximate surface area is 196 Å². The second kappa shape index (κ2) is 27.7. The molecule has 1 atom stereocenters. The van der Waals surface area contributed by atoms with Gasteiger partial charge in [0.15, 0.2) is 0 Å². The summed E-state index contributed by atoms with van der Waals surface area (Å²) in [4.78, 5) is 0. The van der Waals surface area contributed by atoms with E-state index in [2.05, 4.69) is 24.4 Å². The van der Waals surface area contributed by atoms with Crippen molar-refractivity contribution in [3.05, 3.63) is 12.2 Å². The first-order valence-electron chi connectivity index (χ1n) is 14.1. The third-order valence-electron chi connectivity index (χ3n) is 6.46. The predicted molar refractivity (Wildman–Crippen MR) is 142 cm³/mol. The normalized spacial score (nSPS) is 12.7. The fourth-order valence-corrected chi connectivity index (χ4v) is 4.37. The summed E-state index contributed by atoms with van der Waals surface area (Å²) >= 11 is 0. The van der Waals surface area contributed by atoms with Crippen molar-refractivity contribution in [1.29, 1.82) is 0 Å². The third kappa shape index (κ3) is 25.8. The van der Waals surface area contributed by atoms with E-state index in [-0.39, 0.29) is 0 Å². The van der Waals surface area contributed by atoms with Gasteiger partial charge in [-0.15, -0.1) is 0 Å². The SMILES string of the molecule is CCCCCCCC/C=C\CCCNCCCCC(CCCCN)CCCCCCN. The summed E-state index contributed by atoms with van der Waals surface area (Å²) < 4.78 is 0. The Morgan fingerprint density at radius 3 is 1.74 bits per heavy atom. The number of rotatable bonds is 26. The topological polar surface area (TPSA) is 64.1 Å². The lowest BCUT2D eigenvalue weighted by Gasteiger charge is -2.17. The second-order valence-electron chi connectivity index (χ2n) is 9.56. The lowest BCUT2D eigenvalue weighted by Crippen LogP contribution is -2.16. The van der Waals surface area contributed by atoms with Gasteiger partial charge in [0.1, 0.15) is 0 Å². The summed E-state index contributed by atoms with van der Waals surface area (Å²) in [6.07, 6.45) is 31.6. The molecule has 0 aliphatic rings. The number of unbranched alkanes of at least 4 members (excludes halogenated alkanes) is 12. The quantitative estimate of drug-likeness (QED) is 0.0970. The van der Waals surface area contributed by atoms with Gasteiger partial charge in [-0.25, -0.2) is 0 Å². The van der Waals surface area contributed by atoms with Gasteiger partial charge in [0.2, 0.25) is 0 Å². The zero-order valence-corrected chi connectivity index (χ0v) is 21.4. The van der Waals surface area contributed by atoms with E-state index in [0.717, 1.165) is 19.0 Å². The first kappa shape index (κ1) is 30.6. The highest BCUT2D eigenvalue weighted by Gasteiger charge is 2.08. The Morgan fingerprint density at radius 2 is 1.03 bits per heavy atom. The first-order valence-corrected chi connectivity index (χ1v) is 14.1. The average Bonchev–Trinajstić information content (AvgIpc) is 2.78. The number of hydrogen-bond donors (Lipinski definition) is 3. The highest BCUT2D eigenvalue weighted by atomic mass is 14.8. The van der Waals surface area contributed by atoms with Crippen LogP contribution >= 0.6 is 0 Å². The molecule has 0 rings (SSSR count). The Bertz CT molecular complexity index is 343. The smallest absolute Gasteiger partial charge is 0.00460 e. The van der Waals surface area contributed by atoms with Crippen molar-refractivity contribution in [2.75, 3.05) is 26.2 Å². The van der Waals surface area contributed by atoms with Crippen molar-refractivity contribution in [3.8, 4) is 0 Å². The van der Waals surface area contributed by atoms with Crippen LogP contribution in [0.4, 0.5) is 0 Å². The van der Waals surface area contributed by atoms with Crippen molar-refractivity contribution >= 4 is 0 Å². The Kier molecular flexibility index (Phi) is 27.3. The molecule has 0 bridgehead atoms. The van der Waals surface area contributed by atoms with Crippen LogP contribution in [-0.4, -0.2) is 26.2 Å². The molecule has 0 aromatic rings. The Balaban J connectivity index is 3.52. The summed E-state index contributed by atoms with van der Waals surface area (Å²) in [6, 6.07) is 0. The minimum Gasteiger partial charge on any atom is -0.330 e. The van der Waals surface area contributed by atoms with Gasteiger partial charge in [0, 0.05) is 0 Å². The van der Waals surface area contributed by atoms with Crippen molar-refractivity contribution in [1.82, 2.24) is 5.32 Å². The first-order chi connectivity index (χ1) is 15.3. The molecule has 3 heteroatoms. The molecule has 31 heavy (non-hydrogen) atoms. The maximum absolute atomic E-state index is 5.69. The molecule has 0 aromatic carbocycles. The summed E-state index contributed by atoms with van der Waals surface area (Å²) in [7, 11) is 0. The van der Waals surface area contributed by atoms with Crippen molar-refractivity contribution < 1.29 is 0 Å². The van der Waals surface area contributed by atoms with Crippen LogP contribution in [-0.2, 0) is 0 Å². The molecule has 186 valence electrons. The van der Waals surface area contributed by atoms with Crippen molar-refractivity contribution in [2.24, 2.45) is 17.4 Å². The number of nitrogens with one attached hydrogen (secondary N) is 1. The van der Waals surface area contributed by atoms with Gasteiger partial charge in [-0.1, -0.05) is 103 Å². The summed E-state index contributed by atoms with van der Waals surface area (Å²) in [5.41, 5.74) is 11.3. The van der Waals surface area contributed by atoms with Crippen LogP contribution in [0, 0.1) is 5.92 Å². The molecular weight excluding hydrogens is 378 g/mol. The second-order valence-corrected chi connectivity index (χ2v) is 9.56. The van der Waals surface area contributed by atoms with E-state index in [1.165, 1.54) is 142 Å². The van der Waals surface area contributed by atoms with Crippen LogP contribution in [0.25, 0.3) is 0 Å². The van der Waals surface area contributed by atoms with Crippen LogP contribution in [0.2, 0.25) is 0 Å². The van der Waals surface area contributed by atoms with Crippen LogP contribution in [0.1, 0.15) is 135 Å². The van der Waals surface area contributed by atoms with Crippen molar-refractivity contribution in [3.63, 3.8) is 0 Å². The highest BCUT2D eigenvalue weighted by Crippen LogP contribution is 2.22. The molecular formula is C28H59N3. The Morgan fingerprint density at radius 1 is 0.548 bits per heavy atom. The molecule has 0 saturated carbocycles. The summed E-state index contributed by atoms with van der Waals surface area (Å²) in [5, 5.41) is 3.65. The monoisotopic (exact) mass is 437 g/mol. The molecule has 0 fully saturated rings. The van der Waals surface area contributed by atoms with E-state index in [1.54, 1.807) is 0 Å². The minimum absolute atomic E-state index is 0.849. The van der Waals surface area contributed by atoms with Gasteiger partial charge in [0.25, 0.3) is 0 Å². The molecule has 5 N–H and O–H groups in total. The molecule has 0 heterocycles. The predicted octanol–water partition coefficient (Wildman–Crippen LogP) is 7.49. The van der Waals surface area contributed by atoms with E-state index in [9.17, 15) is 0 Å². The number of hydrogen-bond acceptors (Lipinski definition) is 3. The highest BCUT2D eigenvalue weighted by molar-refractivity contribution is 4.81. The zero-order chi connectivity index (χ0) is 22.7. The maximum atomic E-state index is 5.69. The van der Waals surface area contributed by atoms with Gasteiger partial charge in [-0.3, -0.25) is 0 Å². The molecule has 3 nitrogen and oxygen atoms in total. The van der Waals surface area contributed by atoms with Crippen molar-refractivity contribution in [2.45, 2.75) is 135 Å². The molecule has 0 aromatic heterocycles. The van der Waals surface area contributed by atoms with Gasteiger partial charge in [-0.05, 0) is 77.0 Å². The number of nitrogens with two attached hydrogens (primary N) is 2. The standard InChI is InChI=1S/C28H59N3/c1-2-3-4-5-6-7-8-9-10-13-19-26-31-27-20-16-23-28(22-15-18-25-30)21-14-11-12-17-24-29/h9-10,28,31H,2-8,11-27,29-30H2,1H3/b10-9-. The largest absolute Gasteiger partial charge is 0.330 e. The van der Waals surface area contributed by atoms with E-state index in [4.69, 9.17) is 11.5 Å². The molecule has 0 amide bonds.